The largest absolute Gasteiger partial charge is 0.384 e. The highest BCUT2D eigenvalue weighted by Crippen LogP contribution is 2.19. The van der Waals surface area contributed by atoms with Gasteiger partial charge in [0.1, 0.15) is 11.6 Å². The van der Waals surface area contributed by atoms with E-state index in [0.717, 1.165) is 18.9 Å². The monoisotopic (exact) mass is 327 g/mol. The van der Waals surface area contributed by atoms with Gasteiger partial charge in [-0.1, -0.05) is 0 Å². The second-order valence-corrected chi connectivity index (χ2v) is 5.99. The molecule has 1 saturated heterocycles. The number of anilines is 3. The van der Waals surface area contributed by atoms with E-state index in [-0.39, 0.29) is 18.1 Å². The Balaban J connectivity index is 1.67. The zero-order valence-electron chi connectivity index (χ0n) is 13.8. The summed E-state index contributed by atoms with van der Waals surface area (Å²) in [7, 11) is 0. The summed E-state index contributed by atoms with van der Waals surface area (Å²) in [6.07, 6.45) is 3.43. The highest BCUT2D eigenvalue weighted by Gasteiger charge is 2.23. The van der Waals surface area contributed by atoms with Crippen LogP contribution in [0.2, 0.25) is 0 Å². The van der Waals surface area contributed by atoms with Gasteiger partial charge in [0.2, 0.25) is 0 Å². The number of nitrogens with zero attached hydrogens (tertiary/aromatic N) is 3. The Bertz CT molecular complexity index is 692. The summed E-state index contributed by atoms with van der Waals surface area (Å²) < 4.78 is 5.73. The van der Waals surface area contributed by atoms with Crippen LogP contribution in [0.1, 0.15) is 24.2 Å². The number of pyridine rings is 2. The van der Waals surface area contributed by atoms with E-state index in [9.17, 15) is 4.79 Å². The fourth-order valence-electron chi connectivity index (χ4n) is 2.75. The molecule has 0 spiro atoms. The predicted molar refractivity (Wildman–Crippen MR) is 93.1 cm³/mol. The third kappa shape index (κ3) is 3.80. The molecule has 2 unspecified atom stereocenters. The van der Waals surface area contributed by atoms with Crippen LogP contribution in [0.5, 0.6) is 0 Å². The van der Waals surface area contributed by atoms with Crippen molar-refractivity contribution < 1.29 is 9.53 Å². The molecule has 3 rings (SSSR count). The third-order valence-electron chi connectivity index (χ3n) is 3.80. The number of carbonyl (C=O) groups is 1. The summed E-state index contributed by atoms with van der Waals surface area (Å²) in [6, 6.07) is 6.98. The summed E-state index contributed by atoms with van der Waals surface area (Å²) in [5.74, 6) is 1.03. The van der Waals surface area contributed by atoms with Gasteiger partial charge in [0.05, 0.1) is 29.7 Å². The fraction of sp³-hybridized carbons (Fsp3) is 0.353. The highest BCUT2D eigenvalue weighted by molar-refractivity contribution is 6.04. The molecule has 1 amide bonds. The molecular formula is C17H21N5O2. The van der Waals surface area contributed by atoms with Crippen molar-refractivity contribution in [3.8, 4) is 0 Å². The minimum Gasteiger partial charge on any atom is -0.384 e. The molecule has 1 fully saturated rings. The Hall–Kier alpha value is -2.67. The molecule has 1 aliphatic heterocycles. The number of morpholine rings is 1. The van der Waals surface area contributed by atoms with Gasteiger partial charge in [0.15, 0.2) is 0 Å². The maximum Gasteiger partial charge on any atom is 0.257 e. The summed E-state index contributed by atoms with van der Waals surface area (Å²) in [5, 5.41) is 2.77. The normalized spacial score (nSPS) is 20.7. The first-order valence-electron chi connectivity index (χ1n) is 7.90. The lowest BCUT2D eigenvalue weighted by Crippen LogP contribution is -2.45. The average Bonchev–Trinajstić information content (AvgIpc) is 2.56. The van der Waals surface area contributed by atoms with E-state index in [1.54, 1.807) is 24.4 Å². The van der Waals surface area contributed by atoms with Crippen molar-refractivity contribution >= 4 is 23.2 Å². The summed E-state index contributed by atoms with van der Waals surface area (Å²) in [5.41, 5.74) is 6.61. The number of rotatable bonds is 3. The molecule has 3 N–H and O–H groups in total. The minimum absolute atomic E-state index is 0.163. The number of ether oxygens (including phenoxy) is 1. The lowest BCUT2D eigenvalue weighted by Gasteiger charge is -2.36. The van der Waals surface area contributed by atoms with Gasteiger partial charge in [-0.2, -0.15) is 0 Å². The molecule has 2 aromatic heterocycles. The molecule has 7 nitrogen and oxygen atoms in total. The SMILES string of the molecule is CC1CN(c2ccc(C(=O)Nc3ccc(N)nc3)cn2)CC(C)O1. The van der Waals surface area contributed by atoms with E-state index in [1.165, 1.54) is 6.20 Å². The van der Waals surface area contributed by atoms with E-state index in [0.29, 0.717) is 17.1 Å². The van der Waals surface area contributed by atoms with Gasteiger partial charge in [-0.15, -0.1) is 0 Å². The van der Waals surface area contributed by atoms with Gasteiger partial charge in [-0.25, -0.2) is 9.97 Å². The van der Waals surface area contributed by atoms with Crippen molar-refractivity contribution in [2.45, 2.75) is 26.1 Å². The standard InChI is InChI=1S/C17H21N5O2/c1-11-9-22(10-12(2)24-11)16-6-3-13(7-20-16)17(23)21-14-4-5-15(18)19-8-14/h3-8,11-12H,9-10H2,1-2H3,(H2,18,19)(H,21,23). The van der Waals surface area contributed by atoms with Gasteiger partial charge in [0.25, 0.3) is 5.91 Å². The lowest BCUT2D eigenvalue weighted by atomic mass is 10.2. The van der Waals surface area contributed by atoms with Gasteiger partial charge in [0, 0.05) is 19.3 Å². The van der Waals surface area contributed by atoms with Crippen LogP contribution in [0, 0.1) is 0 Å². The summed E-state index contributed by atoms with van der Waals surface area (Å²) in [4.78, 5) is 22.8. The van der Waals surface area contributed by atoms with Crippen LogP contribution in [0.25, 0.3) is 0 Å². The van der Waals surface area contributed by atoms with Crippen LogP contribution in [0.15, 0.2) is 36.7 Å². The lowest BCUT2D eigenvalue weighted by molar-refractivity contribution is -0.00546. The van der Waals surface area contributed by atoms with Crippen LogP contribution < -0.4 is 16.0 Å². The van der Waals surface area contributed by atoms with E-state index in [4.69, 9.17) is 10.5 Å². The zero-order valence-corrected chi connectivity index (χ0v) is 13.8. The second-order valence-electron chi connectivity index (χ2n) is 5.99. The van der Waals surface area contributed by atoms with Gasteiger partial charge >= 0.3 is 0 Å². The summed E-state index contributed by atoms with van der Waals surface area (Å²) >= 11 is 0. The number of hydrogen-bond donors (Lipinski definition) is 2. The first-order chi connectivity index (χ1) is 11.5. The molecule has 7 heteroatoms. The van der Waals surface area contributed by atoms with Crippen LogP contribution >= 0.6 is 0 Å². The van der Waals surface area contributed by atoms with Crippen molar-refractivity contribution in [1.82, 2.24) is 9.97 Å². The van der Waals surface area contributed by atoms with E-state index in [1.807, 2.05) is 19.9 Å². The Morgan fingerprint density at radius 2 is 1.92 bits per heavy atom. The molecule has 0 bridgehead atoms. The quantitative estimate of drug-likeness (QED) is 0.894. The van der Waals surface area contributed by atoms with Crippen molar-refractivity contribution in [1.29, 1.82) is 0 Å². The molecular weight excluding hydrogens is 306 g/mol. The molecule has 0 aliphatic carbocycles. The molecule has 24 heavy (non-hydrogen) atoms. The molecule has 2 atom stereocenters. The number of aromatic nitrogens is 2. The summed E-state index contributed by atoms with van der Waals surface area (Å²) in [6.45, 7) is 5.68. The number of nitrogens with one attached hydrogen (secondary N) is 1. The number of amides is 1. The van der Waals surface area contributed by atoms with Crippen molar-refractivity contribution in [2.24, 2.45) is 0 Å². The topological polar surface area (TPSA) is 93.4 Å². The zero-order chi connectivity index (χ0) is 17.1. The first-order valence-corrected chi connectivity index (χ1v) is 7.90. The predicted octanol–water partition coefficient (Wildman–Crippen LogP) is 1.92. The Morgan fingerprint density at radius 1 is 1.17 bits per heavy atom. The van der Waals surface area contributed by atoms with Crippen LogP contribution in [0.3, 0.4) is 0 Å². The van der Waals surface area contributed by atoms with Crippen LogP contribution in [-0.2, 0) is 4.74 Å². The molecule has 1 aliphatic rings. The molecule has 126 valence electrons. The number of hydrogen-bond acceptors (Lipinski definition) is 6. The second kappa shape index (κ2) is 6.84. The third-order valence-corrected chi connectivity index (χ3v) is 3.80. The van der Waals surface area contributed by atoms with Crippen LogP contribution in [0.4, 0.5) is 17.3 Å². The van der Waals surface area contributed by atoms with Crippen LogP contribution in [-0.4, -0.2) is 41.2 Å². The molecule has 3 heterocycles. The maximum absolute atomic E-state index is 12.2. The number of carbonyl (C=O) groups excluding carboxylic acids is 1. The van der Waals surface area contributed by atoms with E-state index in [2.05, 4.69) is 20.2 Å². The molecule has 0 radical (unpaired) electrons. The molecule has 0 saturated carbocycles. The molecule has 2 aromatic rings. The van der Waals surface area contributed by atoms with Crippen molar-refractivity contribution in [3.05, 3.63) is 42.2 Å². The van der Waals surface area contributed by atoms with Crippen molar-refractivity contribution in [2.75, 3.05) is 29.0 Å². The number of nitrogen functional groups attached to an aromatic ring is 1. The molecule has 0 aromatic carbocycles. The smallest absolute Gasteiger partial charge is 0.257 e. The minimum atomic E-state index is -0.232. The first kappa shape index (κ1) is 16.2. The van der Waals surface area contributed by atoms with E-state index >= 15 is 0 Å². The fourth-order valence-corrected chi connectivity index (χ4v) is 2.75. The average molecular weight is 327 g/mol. The Morgan fingerprint density at radius 3 is 2.50 bits per heavy atom. The van der Waals surface area contributed by atoms with Gasteiger partial charge in [-0.05, 0) is 38.1 Å². The number of nitrogens with two attached hydrogens (primary N) is 1. The highest BCUT2D eigenvalue weighted by atomic mass is 16.5. The van der Waals surface area contributed by atoms with Gasteiger partial charge < -0.3 is 20.7 Å². The van der Waals surface area contributed by atoms with E-state index < -0.39 is 0 Å². The van der Waals surface area contributed by atoms with Crippen molar-refractivity contribution in [3.63, 3.8) is 0 Å². The maximum atomic E-state index is 12.2. The Kier molecular flexibility index (Phi) is 4.61. The van der Waals surface area contributed by atoms with Gasteiger partial charge in [-0.3, -0.25) is 4.79 Å². The Labute approximate surface area is 140 Å².